The zero-order valence-electron chi connectivity index (χ0n) is 40.2. The van der Waals surface area contributed by atoms with Gasteiger partial charge in [0.05, 0.1) is 73.8 Å². The molecule has 1 aromatic carbocycles. The summed E-state index contributed by atoms with van der Waals surface area (Å²) >= 11 is 1.40. The van der Waals surface area contributed by atoms with Gasteiger partial charge >= 0.3 is 0 Å². The fourth-order valence-corrected chi connectivity index (χ4v) is 9.32. The smallest absolute Gasteiger partial charge is 0.263 e. The van der Waals surface area contributed by atoms with Gasteiger partial charge < -0.3 is 35.6 Å². The SMILES string of the molecule is CCCCNc1ccc(C(=O)Nc2nc(C)c(C)s2)c(NC(=O)CCOCCOCCNC(=O)CN2CCN(c3ccc(Nc4ncc5c(C)c(C(C)=O)c(=O)n(C6CCCC6)c5n4)nc3)CC2)c1. The summed E-state index contributed by atoms with van der Waals surface area (Å²) in [5.41, 5.74) is 4.38. The number of rotatable bonds is 23. The molecule has 2 fully saturated rings. The summed E-state index contributed by atoms with van der Waals surface area (Å²) in [5, 5.41) is 16.4. The molecule has 7 rings (SSSR count). The van der Waals surface area contributed by atoms with Crippen molar-refractivity contribution in [2.24, 2.45) is 0 Å². The van der Waals surface area contributed by atoms with E-state index in [0.29, 0.717) is 77.6 Å². The lowest BCUT2D eigenvalue weighted by Crippen LogP contribution is -2.49. The van der Waals surface area contributed by atoms with Gasteiger partial charge in [0.2, 0.25) is 17.8 Å². The van der Waals surface area contributed by atoms with Crippen LogP contribution in [0.15, 0.2) is 47.5 Å². The van der Waals surface area contributed by atoms with Crippen molar-refractivity contribution >= 4 is 79.8 Å². The summed E-state index contributed by atoms with van der Waals surface area (Å²) in [5.74, 6) is -0.103. The van der Waals surface area contributed by atoms with Gasteiger partial charge in [0.1, 0.15) is 11.5 Å². The molecule has 1 aliphatic carbocycles. The van der Waals surface area contributed by atoms with Crippen LogP contribution in [-0.2, 0) is 19.1 Å². The molecule has 0 radical (unpaired) electrons. The number of pyridine rings is 2. The highest BCUT2D eigenvalue weighted by atomic mass is 32.1. The van der Waals surface area contributed by atoms with Crippen molar-refractivity contribution in [3.8, 4) is 0 Å². The second-order valence-electron chi connectivity index (χ2n) is 17.4. The predicted octanol–water partition coefficient (Wildman–Crippen LogP) is 6.39. The lowest BCUT2D eigenvalue weighted by atomic mass is 10.0. The van der Waals surface area contributed by atoms with E-state index in [1.807, 2.05) is 32.0 Å². The van der Waals surface area contributed by atoms with Crippen LogP contribution in [0.2, 0.25) is 0 Å². The number of benzene rings is 1. The standard InChI is InChI=1S/C49H64N12O7S/c1-6-7-17-50-35-12-14-38(46(65)58-49-54-32(3)34(5)69-49)40(27-35)55-42(63)16-23-67-25-26-68-24-18-51-43(64)30-59-19-21-60(22-20-59)37-13-15-41(52-28-37)56-48-53-29-39-31(2)44(33(4)62)47(66)61(45(39)57-48)36-10-8-9-11-36/h12-15,27-29,36,50H,6-11,16-26,30H2,1-5H3,(H,51,64)(H,55,63)(H,54,58,65)(H,52,53,56,57). The van der Waals surface area contributed by atoms with Crippen LogP contribution in [0.4, 0.5) is 34.0 Å². The van der Waals surface area contributed by atoms with Gasteiger partial charge in [-0.15, -0.1) is 11.3 Å². The Hall–Kier alpha value is -6.35. The summed E-state index contributed by atoms with van der Waals surface area (Å²) in [6, 6.07) is 9.13. The van der Waals surface area contributed by atoms with Crippen LogP contribution >= 0.6 is 11.3 Å². The zero-order chi connectivity index (χ0) is 48.9. The fraction of sp³-hybridized carbons (Fsp3) is 0.490. The highest BCUT2D eigenvalue weighted by molar-refractivity contribution is 7.15. The van der Waals surface area contributed by atoms with Crippen LogP contribution in [0, 0.1) is 20.8 Å². The fourth-order valence-electron chi connectivity index (χ4n) is 8.51. The molecule has 69 heavy (non-hydrogen) atoms. The summed E-state index contributed by atoms with van der Waals surface area (Å²) < 4.78 is 13.0. The normalized spacial score (nSPS) is 14.2. The molecule has 368 valence electrons. The Labute approximate surface area is 406 Å². The van der Waals surface area contributed by atoms with E-state index < -0.39 is 0 Å². The first kappa shape index (κ1) is 50.5. The van der Waals surface area contributed by atoms with Gasteiger partial charge in [-0.25, -0.2) is 15.0 Å². The van der Waals surface area contributed by atoms with Gasteiger partial charge in [0.15, 0.2) is 10.9 Å². The quantitative estimate of drug-likeness (QED) is 0.0353. The molecule has 5 aromatic rings. The average molecular weight is 965 g/mol. The van der Waals surface area contributed by atoms with Gasteiger partial charge in [-0.05, 0) is 82.9 Å². The molecule has 0 spiro atoms. The second kappa shape index (κ2) is 24.3. The molecule has 4 aromatic heterocycles. The number of ketones is 1. The maximum atomic E-state index is 13.6. The number of hydrogen-bond donors (Lipinski definition) is 5. The molecule has 20 heteroatoms. The third-order valence-electron chi connectivity index (χ3n) is 12.4. The van der Waals surface area contributed by atoms with Crippen LogP contribution in [0.5, 0.6) is 0 Å². The maximum Gasteiger partial charge on any atom is 0.263 e. The monoisotopic (exact) mass is 964 g/mol. The molecular weight excluding hydrogens is 901 g/mol. The third kappa shape index (κ3) is 13.5. The van der Waals surface area contributed by atoms with Gasteiger partial charge in [-0.2, -0.15) is 4.98 Å². The zero-order valence-corrected chi connectivity index (χ0v) is 41.1. The lowest BCUT2D eigenvalue weighted by Gasteiger charge is -2.35. The van der Waals surface area contributed by atoms with Crippen molar-refractivity contribution in [3.63, 3.8) is 0 Å². The molecule has 0 atom stereocenters. The molecule has 2 aliphatic rings. The number of fused-ring (bicyclic) bond motifs is 1. The van der Waals surface area contributed by atoms with Crippen LogP contribution in [0.3, 0.4) is 0 Å². The topological polar surface area (TPSA) is 227 Å². The molecule has 3 amide bonds. The van der Waals surface area contributed by atoms with E-state index >= 15 is 0 Å². The Balaban J connectivity index is 0.775. The van der Waals surface area contributed by atoms with E-state index in [9.17, 15) is 24.0 Å². The molecule has 1 aliphatic heterocycles. The summed E-state index contributed by atoms with van der Waals surface area (Å²) in [4.78, 5) is 88.6. The minimum atomic E-state index is -0.359. The number of thiazole rings is 1. The number of piperazine rings is 1. The van der Waals surface area contributed by atoms with Crippen LogP contribution in [0.1, 0.15) is 102 Å². The number of hydrogen-bond acceptors (Lipinski definition) is 16. The number of anilines is 6. The second-order valence-corrected chi connectivity index (χ2v) is 18.6. The minimum absolute atomic E-state index is 0.00827. The van der Waals surface area contributed by atoms with Crippen molar-refractivity contribution < 1.29 is 28.7 Å². The number of unbranched alkanes of at least 4 members (excludes halogenated alkanes) is 1. The van der Waals surface area contributed by atoms with Crippen LogP contribution in [0.25, 0.3) is 11.0 Å². The average Bonchev–Trinajstić information content (AvgIpc) is 3.97. The Morgan fingerprint density at radius 2 is 1.62 bits per heavy atom. The van der Waals surface area contributed by atoms with E-state index in [0.717, 1.165) is 80.1 Å². The van der Waals surface area contributed by atoms with E-state index in [-0.39, 0.29) is 66.8 Å². The van der Waals surface area contributed by atoms with Gasteiger partial charge in [0.25, 0.3) is 11.5 Å². The Morgan fingerprint density at radius 3 is 2.32 bits per heavy atom. The van der Waals surface area contributed by atoms with Gasteiger partial charge in [0, 0.05) is 67.5 Å². The number of aryl methyl sites for hydroxylation is 3. The van der Waals surface area contributed by atoms with Gasteiger partial charge in [-0.3, -0.25) is 38.8 Å². The summed E-state index contributed by atoms with van der Waals surface area (Å²) in [6.45, 7) is 14.6. The molecule has 19 nitrogen and oxygen atoms in total. The first-order valence-corrected chi connectivity index (χ1v) is 24.7. The van der Waals surface area contributed by atoms with E-state index in [2.05, 4.69) is 58.3 Å². The van der Waals surface area contributed by atoms with Gasteiger partial charge in [-0.1, -0.05) is 26.2 Å². The highest BCUT2D eigenvalue weighted by Crippen LogP contribution is 2.32. The van der Waals surface area contributed by atoms with Crippen molar-refractivity contribution in [2.45, 2.75) is 85.6 Å². The number of Topliss-reactive ketones (excluding diaryl/α,β-unsaturated/α-hetero) is 1. The lowest BCUT2D eigenvalue weighted by molar-refractivity contribution is -0.122. The molecule has 1 saturated carbocycles. The van der Waals surface area contributed by atoms with Crippen molar-refractivity contribution in [1.29, 1.82) is 0 Å². The molecule has 5 heterocycles. The maximum absolute atomic E-state index is 13.6. The number of carbonyl (C=O) groups excluding carboxylic acids is 4. The van der Waals surface area contributed by atoms with Crippen LogP contribution in [-0.4, -0.2) is 125 Å². The molecule has 0 unspecified atom stereocenters. The largest absolute Gasteiger partial charge is 0.385 e. The first-order chi connectivity index (χ1) is 33.4. The van der Waals surface area contributed by atoms with E-state index in [1.165, 1.54) is 18.3 Å². The third-order valence-corrected chi connectivity index (χ3v) is 13.4. The van der Waals surface area contributed by atoms with Crippen molar-refractivity contribution in [2.75, 3.05) is 98.4 Å². The number of carbonyl (C=O) groups is 4. The number of ether oxygens (including phenoxy) is 2. The highest BCUT2D eigenvalue weighted by Gasteiger charge is 2.26. The number of aromatic nitrogens is 5. The van der Waals surface area contributed by atoms with Crippen molar-refractivity contribution in [1.82, 2.24) is 34.7 Å². The minimum Gasteiger partial charge on any atom is -0.385 e. The number of nitrogens with zero attached hydrogens (tertiary/aromatic N) is 7. The summed E-state index contributed by atoms with van der Waals surface area (Å²) in [6.07, 6.45) is 9.38. The predicted molar refractivity (Wildman–Crippen MR) is 269 cm³/mol. The number of amides is 3. The Bertz CT molecular complexity index is 2640. The van der Waals surface area contributed by atoms with Crippen LogP contribution < -0.4 is 37.0 Å². The van der Waals surface area contributed by atoms with Crippen molar-refractivity contribution in [3.05, 3.63) is 80.3 Å². The van der Waals surface area contributed by atoms with E-state index in [4.69, 9.17) is 14.5 Å². The summed E-state index contributed by atoms with van der Waals surface area (Å²) in [7, 11) is 0. The molecule has 1 saturated heterocycles. The number of nitrogens with one attached hydrogen (secondary N) is 5. The molecule has 0 bridgehead atoms. The Morgan fingerprint density at radius 1 is 0.855 bits per heavy atom. The van der Waals surface area contributed by atoms with E-state index in [1.54, 1.807) is 36.0 Å². The Kier molecular flexibility index (Phi) is 17.8. The molecular formula is C49H64N12O7S. The first-order valence-electron chi connectivity index (χ1n) is 23.9. The molecule has 5 N–H and O–H groups in total.